The van der Waals surface area contributed by atoms with Gasteiger partial charge in [0.2, 0.25) is 0 Å². The number of hydrogen-bond donors (Lipinski definition) is 1. The molecule has 2 rings (SSSR count). The number of nitrogens with zero attached hydrogens (tertiary/aromatic N) is 3. The molecule has 118 valence electrons. The first kappa shape index (κ1) is 16.2. The van der Waals surface area contributed by atoms with Gasteiger partial charge in [0.15, 0.2) is 0 Å². The molecule has 22 heavy (non-hydrogen) atoms. The molecule has 0 saturated heterocycles. The predicted octanol–water partition coefficient (Wildman–Crippen LogP) is 2.18. The van der Waals surface area contributed by atoms with Gasteiger partial charge in [0, 0.05) is 20.1 Å². The third-order valence-electron chi connectivity index (χ3n) is 3.58. The van der Waals surface area contributed by atoms with E-state index in [1.165, 1.54) is 0 Å². The second-order valence-corrected chi connectivity index (χ2v) is 5.67. The van der Waals surface area contributed by atoms with Crippen LogP contribution in [-0.4, -0.2) is 38.8 Å². The van der Waals surface area contributed by atoms with Crippen molar-refractivity contribution in [2.45, 2.75) is 26.3 Å². The lowest BCUT2D eigenvalue weighted by molar-refractivity contribution is 0.0696. The van der Waals surface area contributed by atoms with Crippen molar-refractivity contribution in [2.75, 3.05) is 13.2 Å². The topological polar surface area (TPSA) is 58.4 Å². The van der Waals surface area contributed by atoms with Gasteiger partial charge in [-0.1, -0.05) is 44.2 Å². The largest absolute Gasteiger partial charge is 0.395 e. The minimum atomic E-state index is -0.111. The van der Waals surface area contributed by atoms with Crippen LogP contribution in [0.25, 0.3) is 0 Å². The lowest BCUT2D eigenvalue weighted by atomic mass is 10.1. The van der Waals surface area contributed by atoms with Crippen molar-refractivity contribution in [3.63, 3.8) is 0 Å². The maximum absolute atomic E-state index is 12.7. The molecule has 0 atom stereocenters. The fourth-order valence-corrected chi connectivity index (χ4v) is 2.31. The molecule has 0 aliphatic heterocycles. The van der Waals surface area contributed by atoms with Crippen LogP contribution in [0.4, 0.5) is 0 Å². The summed E-state index contributed by atoms with van der Waals surface area (Å²) in [4.78, 5) is 14.4. The quantitative estimate of drug-likeness (QED) is 0.889. The van der Waals surface area contributed by atoms with E-state index in [-0.39, 0.29) is 18.4 Å². The molecule has 1 heterocycles. The van der Waals surface area contributed by atoms with E-state index < -0.39 is 0 Å². The summed E-state index contributed by atoms with van der Waals surface area (Å²) in [6, 6.07) is 11.6. The van der Waals surface area contributed by atoms with Crippen LogP contribution in [0.3, 0.4) is 0 Å². The van der Waals surface area contributed by atoms with Gasteiger partial charge in [-0.2, -0.15) is 5.10 Å². The maximum Gasteiger partial charge on any atom is 0.272 e. The Kier molecular flexibility index (Phi) is 5.33. The normalized spacial score (nSPS) is 11.0. The number of amides is 1. The highest BCUT2D eigenvalue weighted by Gasteiger charge is 2.21. The summed E-state index contributed by atoms with van der Waals surface area (Å²) < 4.78 is 1.62. The minimum absolute atomic E-state index is 0.0620. The summed E-state index contributed by atoms with van der Waals surface area (Å²) in [6.07, 6.45) is 0. The predicted molar refractivity (Wildman–Crippen MR) is 85.6 cm³/mol. The molecule has 0 aliphatic rings. The van der Waals surface area contributed by atoms with Crippen molar-refractivity contribution in [3.05, 3.63) is 53.3 Å². The lowest BCUT2D eigenvalue weighted by Gasteiger charge is -2.21. The molecule has 1 amide bonds. The molecule has 5 nitrogen and oxygen atoms in total. The van der Waals surface area contributed by atoms with E-state index in [2.05, 4.69) is 5.10 Å². The van der Waals surface area contributed by atoms with Crippen molar-refractivity contribution >= 4 is 5.91 Å². The summed E-state index contributed by atoms with van der Waals surface area (Å²) in [5, 5.41) is 13.6. The van der Waals surface area contributed by atoms with E-state index in [9.17, 15) is 9.90 Å². The van der Waals surface area contributed by atoms with Crippen molar-refractivity contribution < 1.29 is 9.90 Å². The van der Waals surface area contributed by atoms with Crippen LogP contribution in [0, 0.1) is 0 Å². The Balaban J connectivity index is 2.22. The highest BCUT2D eigenvalue weighted by Crippen LogP contribution is 2.16. The van der Waals surface area contributed by atoms with Crippen molar-refractivity contribution in [2.24, 2.45) is 7.05 Å². The third kappa shape index (κ3) is 3.74. The summed E-state index contributed by atoms with van der Waals surface area (Å²) in [5.41, 5.74) is 2.48. The van der Waals surface area contributed by atoms with Crippen LogP contribution in [0.15, 0.2) is 36.4 Å². The maximum atomic E-state index is 12.7. The molecular weight excluding hydrogens is 278 g/mol. The van der Waals surface area contributed by atoms with Crippen LogP contribution in [0.1, 0.15) is 41.5 Å². The number of carbonyl (C=O) groups excluding carboxylic acids is 1. The van der Waals surface area contributed by atoms with Crippen LogP contribution < -0.4 is 0 Å². The van der Waals surface area contributed by atoms with E-state index >= 15 is 0 Å². The lowest BCUT2D eigenvalue weighted by Crippen LogP contribution is -2.34. The van der Waals surface area contributed by atoms with Gasteiger partial charge in [-0.15, -0.1) is 0 Å². The highest BCUT2D eigenvalue weighted by atomic mass is 16.3. The number of aryl methyl sites for hydroxylation is 1. The SMILES string of the molecule is CC(C)c1cc(C(=O)N(CCO)Cc2ccccc2)n(C)n1. The Morgan fingerprint density at radius 3 is 2.55 bits per heavy atom. The van der Waals surface area contributed by atoms with Crippen LogP contribution in [0.2, 0.25) is 0 Å². The molecule has 0 aliphatic carbocycles. The molecule has 5 heteroatoms. The van der Waals surface area contributed by atoms with Crippen molar-refractivity contribution in [3.8, 4) is 0 Å². The molecule has 1 N–H and O–H groups in total. The highest BCUT2D eigenvalue weighted by molar-refractivity contribution is 5.92. The molecule has 0 unspecified atom stereocenters. The average molecular weight is 301 g/mol. The summed E-state index contributed by atoms with van der Waals surface area (Å²) in [7, 11) is 1.78. The molecule has 0 bridgehead atoms. The fourth-order valence-electron chi connectivity index (χ4n) is 2.31. The Labute approximate surface area is 131 Å². The number of hydrogen-bond acceptors (Lipinski definition) is 3. The number of aliphatic hydroxyl groups excluding tert-OH is 1. The van der Waals surface area contributed by atoms with Gasteiger partial charge in [-0.05, 0) is 17.5 Å². The zero-order valence-electron chi connectivity index (χ0n) is 13.4. The van der Waals surface area contributed by atoms with Gasteiger partial charge in [0.25, 0.3) is 5.91 Å². The molecule has 2 aromatic rings. The Hall–Kier alpha value is -2.14. The summed E-state index contributed by atoms with van der Waals surface area (Å²) in [5.74, 6) is 0.160. The van der Waals surface area contributed by atoms with Crippen LogP contribution in [0.5, 0.6) is 0 Å². The van der Waals surface area contributed by atoms with E-state index in [4.69, 9.17) is 0 Å². The second-order valence-electron chi connectivity index (χ2n) is 5.67. The van der Waals surface area contributed by atoms with E-state index in [1.54, 1.807) is 16.6 Å². The van der Waals surface area contributed by atoms with Crippen molar-refractivity contribution in [1.82, 2.24) is 14.7 Å². The first-order chi connectivity index (χ1) is 10.5. The molecule has 1 aromatic carbocycles. The zero-order valence-corrected chi connectivity index (χ0v) is 13.4. The van der Waals surface area contributed by atoms with E-state index in [0.717, 1.165) is 11.3 Å². The van der Waals surface area contributed by atoms with E-state index in [0.29, 0.717) is 18.8 Å². The monoisotopic (exact) mass is 301 g/mol. The van der Waals surface area contributed by atoms with Gasteiger partial charge in [-0.3, -0.25) is 9.48 Å². The standard InChI is InChI=1S/C17H23N3O2/c1-13(2)15-11-16(19(3)18-15)17(22)20(9-10-21)12-14-7-5-4-6-8-14/h4-8,11,13,21H,9-10,12H2,1-3H3. The first-order valence-electron chi connectivity index (χ1n) is 7.51. The number of rotatable bonds is 6. The average Bonchev–Trinajstić information content (AvgIpc) is 2.89. The molecular formula is C17H23N3O2. The first-order valence-corrected chi connectivity index (χ1v) is 7.51. The molecule has 0 saturated carbocycles. The molecule has 1 aromatic heterocycles. The van der Waals surface area contributed by atoms with Crippen LogP contribution in [-0.2, 0) is 13.6 Å². The Morgan fingerprint density at radius 2 is 2.00 bits per heavy atom. The Bertz CT molecular complexity index is 620. The van der Waals surface area contributed by atoms with Gasteiger partial charge in [0.1, 0.15) is 5.69 Å². The minimum Gasteiger partial charge on any atom is -0.395 e. The summed E-state index contributed by atoms with van der Waals surface area (Å²) in [6.45, 7) is 4.81. The fraction of sp³-hybridized carbons (Fsp3) is 0.412. The molecule has 0 radical (unpaired) electrons. The summed E-state index contributed by atoms with van der Waals surface area (Å²) >= 11 is 0. The molecule has 0 spiro atoms. The smallest absolute Gasteiger partial charge is 0.272 e. The second kappa shape index (κ2) is 7.22. The number of aromatic nitrogens is 2. The van der Waals surface area contributed by atoms with Gasteiger partial charge in [0.05, 0.1) is 12.3 Å². The van der Waals surface area contributed by atoms with E-state index in [1.807, 2.05) is 50.2 Å². The number of aliphatic hydroxyl groups is 1. The van der Waals surface area contributed by atoms with Gasteiger partial charge in [-0.25, -0.2) is 0 Å². The van der Waals surface area contributed by atoms with Crippen molar-refractivity contribution in [1.29, 1.82) is 0 Å². The molecule has 0 fully saturated rings. The van der Waals surface area contributed by atoms with Gasteiger partial charge >= 0.3 is 0 Å². The van der Waals surface area contributed by atoms with Crippen LogP contribution >= 0.6 is 0 Å². The zero-order chi connectivity index (χ0) is 16.1. The number of benzene rings is 1. The Morgan fingerprint density at radius 1 is 1.32 bits per heavy atom. The van der Waals surface area contributed by atoms with Gasteiger partial charge < -0.3 is 10.0 Å². The third-order valence-corrected chi connectivity index (χ3v) is 3.58. The number of carbonyl (C=O) groups is 1.